The van der Waals surface area contributed by atoms with E-state index in [1.807, 2.05) is 0 Å². The number of carbonyl (C=O) groups excluding carboxylic acids is 1. The lowest BCUT2D eigenvalue weighted by molar-refractivity contribution is 0.0815. The number of benzene rings is 1. The van der Waals surface area contributed by atoms with Gasteiger partial charge in [0.05, 0.1) is 5.01 Å². The number of anilines is 1. The van der Waals surface area contributed by atoms with Gasteiger partial charge in [0.2, 0.25) is 0 Å². The highest BCUT2D eigenvalue weighted by Gasteiger charge is 2.12. The van der Waals surface area contributed by atoms with Crippen molar-refractivity contribution in [3.05, 3.63) is 39.8 Å². The normalized spacial score (nSPS) is 10.4. The fraction of sp³-hybridized carbons (Fsp3) is 0.333. The first-order valence-corrected chi connectivity index (χ1v) is 7.85. The highest BCUT2D eigenvalue weighted by Crippen LogP contribution is 2.23. The molecule has 9 heteroatoms. The van der Waals surface area contributed by atoms with Crippen molar-refractivity contribution in [2.75, 3.05) is 18.5 Å². The molecule has 5 nitrogen and oxygen atoms in total. The van der Waals surface area contributed by atoms with Gasteiger partial charge in [0.1, 0.15) is 18.1 Å². The van der Waals surface area contributed by atoms with Crippen LogP contribution in [0.2, 0.25) is 0 Å². The minimum absolute atomic E-state index is 0. The molecule has 0 aliphatic rings. The van der Waals surface area contributed by atoms with Crippen LogP contribution in [0.3, 0.4) is 0 Å². The standard InChI is InChI=1S/C15H17F2N3O2S.ClH/c1-9-2-3-10(6-12(9)22-7-13(16)17)19-15(21)11-8-23-14(20-11)4-5-18;/h2-3,6,8,13H,4-5,7,18H2,1H3,(H,19,21);1H. The Hall–Kier alpha value is -1.77. The maximum absolute atomic E-state index is 12.2. The molecule has 0 saturated carbocycles. The monoisotopic (exact) mass is 377 g/mol. The van der Waals surface area contributed by atoms with Crippen molar-refractivity contribution in [3.8, 4) is 5.75 Å². The average Bonchev–Trinajstić information content (AvgIpc) is 2.97. The zero-order valence-corrected chi connectivity index (χ0v) is 14.6. The van der Waals surface area contributed by atoms with E-state index < -0.39 is 13.0 Å². The number of ether oxygens (including phenoxy) is 1. The second kappa shape index (κ2) is 9.51. The van der Waals surface area contributed by atoms with Gasteiger partial charge in [-0.25, -0.2) is 13.8 Å². The topological polar surface area (TPSA) is 77.2 Å². The van der Waals surface area contributed by atoms with E-state index in [-0.39, 0.29) is 18.3 Å². The molecule has 0 aliphatic heterocycles. The Bertz CT molecular complexity index is 682. The van der Waals surface area contributed by atoms with Gasteiger partial charge in [-0.3, -0.25) is 4.79 Å². The molecule has 0 aliphatic carbocycles. The smallest absolute Gasteiger partial charge is 0.275 e. The summed E-state index contributed by atoms with van der Waals surface area (Å²) in [5, 5.41) is 5.12. The van der Waals surface area contributed by atoms with Gasteiger partial charge in [0, 0.05) is 23.6 Å². The van der Waals surface area contributed by atoms with Crippen LogP contribution >= 0.6 is 23.7 Å². The van der Waals surface area contributed by atoms with Gasteiger partial charge in [0.15, 0.2) is 0 Å². The number of hydrogen-bond acceptors (Lipinski definition) is 5. The van der Waals surface area contributed by atoms with Gasteiger partial charge >= 0.3 is 0 Å². The number of aryl methyl sites for hydroxylation is 1. The van der Waals surface area contributed by atoms with E-state index in [4.69, 9.17) is 10.5 Å². The third-order valence-corrected chi connectivity index (χ3v) is 3.86. The molecule has 0 fully saturated rings. The van der Waals surface area contributed by atoms with E-state index in [9.17, 15) is 13.6 Å². The lowest BCUT2D eigenvalue weighted by Crippen LogP contribution is -2.13. The molecule has 0 spiro atoms. The number of nitrogens with zero attached hydrogens (tertiary/aromatic N) is 1. The number of nitrogens with one attached hydrogen (secondary N) is 1. The molecule has 2 aromatic rings. The first-order chi connectivity index (χ1) is 11.0. The Morgan fingerprint density at radius 2 is 2.21 bits per heavy atom. The predicted octanol–water partition coefficient (Wildman–Crippen LogP) is 3.27. The van der Waals surface area contributed by atoms with E-state index in [0.29, 0.717) is 35.7 Å². The van der Waals surface area contributed by atoms with Crippen LogP contribution in [-0.2, 0) is 6.42 Å². The number of aromatic nitrogens is 1. The van der Waals surface area contributed by atoms with Crippen molar-refractivity contribution in [1.29, 1.82) is 0 Å². The second-order valence-electron chi connectivity index (χ2n) is 4.80. The van der Waals surface area contributed by atoms with E-state index in [2.05, 4.69) is 10.3 Å². The van der Waals surface area contributed by atoms with Crippen molar-refractivity contribution in [2.24, 2.45) is 5.73 Å². The molecule has 1 heterocycles. The Kier molecular flexibility index (Phi) is 8.03. The molecule has 0 bridgehead atoms. The maximum atomic E-state index is 12.2. The van der Waals surface area contributed by atoms with Gasteiger partial charge in [-0.1, -0.05) is 6.07 Å². The quantitative estimate of drug-likeness (QED) is 0.776. The zero-order chi connectivity index (χ0) is 16.8. The summed E-state index contributed by atoms with van der Waals surface area (Å²) >= 11 is 1.37. The van der Waals surface area contributed by atoms with Crippen LogP contribution < -0.4 is 15.8 Å². The van der Waals surface area contributed by atoms with Crippen molar-refractivity contribution in [1.82, 2.24) is 4.98 Å². The largest absolute Gasteiger partial charge is 0.487 e. The predicted molar refractivity (Wildman–Crippen MR) is 92.8 cm³/mol. The molecular formula is C15H18ClF2N3O2S. The number of carbonyl (C=O) groups is 1. The number of nitrogens with two attached hydrogens (primary N) is 1. The van der Waals surface area contributed by atoms with E-state index in [0.717, 1.165) is 5.01 Å². The Morgan fingerprint density at radius 1 is 1.46 bits per heavy atom. The fourth-order valence-corrected chi connectivity index (χ4v) is 2.63. The van der Waals surface area contributed by atoms with Crippen molar-refractivity contribution >= 4 is 35.3 Å². The Morgan fingerprint density at radius 3 is 2.88 bits per heavy atom. The third kappa shape index (κ3) is 5.70. The van der Waals surface area contributed by atoms with Gasteiger partial charge in [0.25, 0.3) is 12.3 Å². The number of thiazole rings is 1. The maximum Gasteiger partial charge on any atom is 0.275 e. The molecule has 0 saturated heterocycles. The molecule has 132 valence electrons. The molecule has 24 heavy (non-hydrogen) atoms. The molecule has 0 atom stereocenters. The Labute approximate surface area is 148 Å². The summed E-state index contributed by atoms with van der Waals surface area (Å²) in [6, 6.07) is 4.88. The van der Waals surface area contributed by atoms with Crippen molar-refractivity contribution in [2.45, 2.75) is 19.8 Å². The second-order valence-corrected chi connectivity index (χ2v) is 5.74. The zero-order valence-electron chi connectivity index (χ0n) is 12.9. The molecule has 0 radical (unpaired) electrons. The minimum atomic E-state index is -2.55. The van der Waals surface area contributed by atoms with Crippen molar-refractivity contribution < 1.29 is 18.3 Å². The van der Waals surface area contributed by atoms with Crippen LogP contribution in [0.25, 0.3) is 0 Å². The van der Waals surface area contributed by atoms with E-state index in [1.54, 1.807) is 24.4 Å². The number of halogens is 3. The number of amides is 1. The van der Waals surface area contributed by atoms with Crippen molar-refractivity contribution in [3.63, 3.8) is 0 Å². The van der Waals surface area contributed by atoms with Crippen LogP contribution in [0, 0.1) is 6.92 Å². The highest BCUT2D eigenvalue weighted by atomic mass is 35.5. The number of hydrogen-bond donors (Lipinski definition) is 2. The molecule has 0 unspecified atom stereocenters. The number of alkyl halides is 2. The molecule has 1 aromatic carbocycles. The highest BCUT2D eigenvalue weighted by molar-refractivity contribution is 7.09. The summed E-state index contributed by atoms with van der Waals surface area (Å²) < 4.78 is 29.5. The van der Waals surface area contributed by atoms with Crippen LogP contribution in [0.4, 0.5) is 14.5 Å². The van der Waals surface area contributed by atoms with Gasteiger partial charge < -0.3 is 15.8 Å². The van der Waals surface area contributed by atoms with E-state index in [1.165, 1.54) is 17.4 Å². The summed E-state index contributed by atoms with van der Waals surface area (Å²) in [5.74, 6) is -0.0571. The molecule has 3 N–H and O–H groups in total. The van der Waals surface area contributed by atoms with Gasteiger partial charge in [-0.05, 0) is 25.1 Å². The third-order valence-electron chi connectivity index (χ3n) is 2.95. The first-order valence-electron chi connectivity index (χ1n) is 6.97. The van der Waals surface area contributed by atoms with E-state index >= 15 is 0 Å². The van der Waals surface area contributed by atoms with Crippen LogP contribution in [0.15, 0.2) is 23.6 Å². The molecule has 2 rings (SSSR count). The van der Waals surface area contributed by atoms with Crippen LogP contribution in [0.5, 0.6) is 5.75 Å². The average molecular weight is 378 g/mol. The van der Waals surface area contributed by atoms with Crippen LogP contribution in [0.1, 0.15) is 21.1 Å². The summed E-state index contributed by atoms with van der Waals surface area (Å²) in [7, 11) is 0. The van der Waals surface area contributed by atoms with Gasteiger partial charge in [-0.2, -0.15) is 0 Å². The fourth-order valence-electron chi connectivity index (χ4n) is 1.83. The lowest BCUT2D eigenvalue weighted by atomic mass is 10.2. The number of rotatable bonds is 7. The molecular weight excluding hydrogens is 360 g/mol. The SMILES string of the molecule is Cc1ccc(NC(=O)c2csc(CCN)n2)cc1OCC(F)F.Cl. The molecule has 1 aromatic heterocycles. The molecule has 1 amide bonds. The Balaban J connectivity index is 0.00000288. The summed E-state index contributed by atoms with van der Waals surface area (Å²) in [5.41, 5.74) is 6.92. The van der Waals surface area contributed by atoms with Gasteiger partial charge in [-0.15, -0.1) is 23.7 Å². The summed E-state index contributed by atoms with van der Waals surface area (Å²) in [4.78, 5) is 16.3. The summed E-state index contributed by atoms with van der Waals surface area (Å²) in [6.07, 6.45) is -1.93. The first kappa shape index (κ1) is 20.3. The van der Waals surface area contributed by atoms with Crippen LogP contribution in [-0.4, -0.2) is 30.5 Å². The summed E-state index contributed by atoms with van der Waals surface area (Å²) in [6.45, 7) is 1.52. The lowest BCUT2D eigenvalue weighted by Gasteiger charge is -2.11. The minimum Gasteiger partial charge on any atom is -0.487 e.